The Morgan fingerprint density at radius 1 is 1.21 bits per heavy atom. The van der Waals surface area contributed by atoms with E-state index in [1.54, 1.807) is 36.5 Å². The van der Waals surface area contributed by atoms with Crippen molar-refractivity contribution in [3.8, 4) is 5.75 Å². The number of benzene rings is 1. The van der Waals surface area contributed by atoms with Crippen LogP contribution in [0, 0.1) is 13.8 Å². The Labute approximate surface area is 143 Å². The predicted molar refractivity (Wildman–Crippen MR) is 92.3 cm³/mol. The van der Waals surface area contributed by atoms with Crippen molar-refractivity contribution in [3.05, 3.63) is 65.1 Å². The molecule has 1 N–H and O–H groups in total. The molecule has 7 heteroatoms. The van der Waals surface area contributed by atoms with E-state index in [0.29, 0.717) is 23.7 Å². The minimum Gasteiger partial charge on any atom is -0.487 e. The number of hydrogen-bond donors (Lipinski definition) is 1. The number of aryl methyl sites for hydroxylation is 2. The van der Waals surface area contributed by atoms with Crippen LogP contribution < -0.4 is 10.1 Å². The van der Waals surface area contributed by atoms with E-state index in [2.05, 4.69) is 19.0 Å². The van der Waals surface area contributed by atoms with E-state index in [1.807, 2.05) is 19.9 Å². The number of hydrogen-bond acceptors (Lipinski definition) is 6. The summed E-state index contributed by atoms with van der Waals surface area (Å²) in [5, 5.41) is 2.77. The number of carbonyl (C=O) groups excluding carboxylic acids is 1. The number of carbonyl (C=O) groups is 1. The Morgan fingerprint density at radius 2 is 2.08 bits per heavy atom. The molecule has 2 heterocycles. The first kappa shape index (κ1) is 16.1. The summed E-state index contributed by atoms with van der Waals surface area (Å²) in [6.07, 6.45) is 1.71. The number of amides is 1. The van der Waals surface area contributed by atoms with E-state index in [4.69, 9.17) is 4.74 Å². The Bertz CT molecular complexity index is 846. The summed E-state index contributed by atoms with van der Waals surface area (Å²) in [5.41, 5.74) is 3.20. The molecule has 0 saturated carbocycles. The molecule has 6 nitrogen and oxygen atoms in total. The highest BCUT2D eigenvalue weighted by Crippen LogP contribution is 2.17. The fraction of sp³-hybridized carbons (Fsp3) is 0.176. The van der Waals surface area contributed by atoms with Crippen LogP contribution in [0.15, 0.2) is 42.6 Å². The van der Waals surface area contributed by atoms with Gasteiger partial charge in [-0.3, -0.25) is 4.79 Å². The average molecular weight is 340 g/mol. The minimum atomic E-state index is -0.233. The second kappa shape index (κ2) is 7.18. The van der Waals surface area contributed by atoms with Crippen molar-refractivity contribution in [3.63, 3.8) is 0 Å². The molecule has 1 amide bonds. The van der Waals surface area contributed by atoms with Crippen molar-refractivity contribution in [2.75, 3.05) is 5.32 Å². The lowest BCUT2D eigenvalue weighted by Crippen LogP contribution is -2.13. The minimum absolute atomic E-state index is 0.233. The lowest BCUT2D eigenvalue weighted by atomic mass is 10.2. The summed E-state index contributed by atoms with van der Waals surface area (Å²) in [6, 6.07) is 10.7. The summed E-state index contributed by atoms with van der Waals surface area (Å²) >= 11 is 1.16. The van der Waals surface area contributed by atoms with E-state index in [9.17, 15) is 4.79 Å². The third-order valence-corrected chi connectivity index (χ3v) is 4.03. The smallest absolute Gasteiger partial charge is 0.256 e. The van der Waals surface area contributed by atoms with Gasteiger partial charge in [0.2, 0.25) is 0 Å². The van der Waals surface area contributed by atoms with Gasteiger partial charge in [0, 0.05) is 11.8 Å². The Balaban J connectivity index is 1.66. The topological polar surface area (TPSA) is 77.0 Å². The van der Waals surface area contributed by atoms with Crippen molar-refractivity contribution in [1.82, 2.24) is 13.7 Å². The zero-order chi connectivity index (χ0) is 16.9. The monoisotopic (exact) mass is 340 g/mol. The van der Waals surface area contributed by atoms with Crippen molar-refractivity contribution < 1.29 is 9.53 Å². The van der Waals surface area contributed by atoms with E-state index in [1.165, 1.54) is 0 Å². The summed E-state index contributed by atoms with van der Waals surface area (Å²) in [7, 11) is 0. The summed E-state index contributed by atoms with van der Waals surface area (Å²) < 4.78 is 14.0. The van der Waals surface area contributed by atoms with Gasteiger partial charge in [-0.25, -0.2) is 4.98 Å². The highest BCUT2D eigenvalue weighted by atomic mass is 32.1. The third-order valence-electron chi connectivity index (χ3n) is 3.37. The predicted octanol–water partition coefficient (Wildman–Crippen LogP) is 3.38. The van der Waals surface area contributed by atoms with Crippen LogP contribution in [0.5, 0.6) is 5.75 Å². The van der Waals surface area contributed by atoms with Crippen LogP contribution in [-0.2, 0) is 6.61 Å². The largest absolute Gasteiger partial charge is 0.487 e. The molecule has 0 atom stereocenters. The van der Waals surface area contributed by atoms with Gasteiger partial charge in [-0.15, -0.1) is 0 Å². The molecule has 3 aromatic rings. The molecule has 0 aliphatic carbocycles. The molecule has 0 saturated heterocycles. The molecule has 24 heavy (non-hydrogen) atoms. The molecule has 0 spiro atoms. The maximum absolute atomic E-state index is 12.3. The van der Waals surface area contributed by atoms with Crippen LogP contribution >= 0.6 is 11.7 Å². The summed E-state index contributed by atoms with van der Waals surface area (Å²) in [5.74, 6) is 0.885. The normalized spacial score (nSPS) is 10.4. The van der Waals surface area contributed by atoms with Crippen LogP contribution in [0.3, 0.4) is 0 Å². The van der Waals surface area contributed by atoms with Crippen molar-refractivity contribution >= 4 is 23.5 Å². The van der Waals surface area contributed by atoms with Gasteiger partial charge in [0.25, 0.3) is 5.91 Å². The van der Waals surface area contributed by atoms with Crippen molar-refractivity contribution in [2.24, 2.45) is 0 Å². The highest BCUT2D eigenvalue weighted by Gasteiger charge is 2.09. The van der Waals surface area contributed by atoms with E-state index in [-0.39, 0.29) is 5.91 Å². The summed E-state index contributed by atoms with van der Waals surface area (Å²) in [4.78, 5) is 16.5. The average Bonchev–Trinajstić information content (AvgIpc) is 3.00. The fourth-order valence-electron chi connectivity index (χ4n) is 1.99. The number of anilines is 1. The standard InChI is InChI=1S/C17H16N4O2S/c1-11-6-7-16(18-9-11)19-17(22)13-4-3-5-14(8-13)23-10-15-12(2)20-24-21-15/h3-9H,10H2,1-2H3,(H,18,19,22). The SMILES string of the molecule is Cc1ccc(NC(=O)c2cccc(OCc3nsnc3C)c2)nc1. The molecule has 2 aromatic heterocycles. The summed E-state index contributed by atoms with van der Waals surface area (Å²) in [6.45, 7) is 4.16. The Morgan fingerprint density at radius 3 is 2.79 bits per heavy atom. The van der Waals surface area contributed by atoms with Crippen LogP contribution in [0.1, 0.15) is 27.3 Å². The zero-order valence-electron chi connectivity index (χ0n) is 13.3. The molecular weight excluding hydrogens is 324 g/mol. The van der Waals surface area contributed by atoms with Gasteiger partial charge in [-0.1, -0.05) is 12.1 Å². The Kier molecular flexibility index (Phi) is 4.81. The molecule has 0 aliphatic heterocycles. The quantitative estimate of drug-likeness (QED) is 0.770. The molecule has 3 rings (SSSR count). The van der Waals surface area contributed by atoms with Crippen LogP contribution in [0.25, 0.3) is 0 Å². The number of ether oxygens (including phenoxy) is 1. The highest BCUT2D eigenvalue weighted by molar-refractivity contribution is 6.99. The number of pyridine rings is 1. The molecule has 0 aliphatic rings. The first-order valence-electron chi connectivity index (χ1n) is 7.37. The van der Waals surface area contributed by atoms with Gasteiger partial charge in [0.15, 0.2) is 0 Å². The van der Waals surface area contributed by atoms with Crippen LogP contribution in [0.4, 0.5) is 5.82 Å². The van der Waals surface area contributed by atoms with Gasteiger partial charge in [-0.05, 0) is 43.7 Å². The van der Waals surface area contributed by atoms with E-state index < -0.39 is 0 Å². The first-order valence-corrected chi connectivity index (χ1v) is 8.10. The molecule has 1 aromatic carbocycles. The van der Waals surface area contributed by atoms with Gasteiger partial charge in [0.1, 0.15) is 23.9 Å². The molecular formula is C17H16N4O2S. The van der Waals surface area contributed by atoms with Crippen LogP contribution in [-0.4, -0.2) is 19.6 Å². The number of nitrogens with one attached hydrogen (secondary N) is 1. The Hall–Kier alpha value is -2.80. The lowest BCUT2D eigenvalue weighted by Gasteiger charge is -2.08. The maximum atomic E-state index is 12.3. The van der Waals surface area contributed by atoms with E-state index >= 15 is 0 Å². The van der Waals surface area contributed by atoms with Crippen LogP contribution in [0.2, 0.25) is 0 Å². The molecule has 0 radical (unpaired) electrons. The number of rotatable bonds is 5. The molecule has 122 valence electrons. The lowest BCUT2D eigenvalue weighted by molar-refractivity contribution is 0.102. The van der Waals surface area contributed by atoms with E-state index in [0.717, 1.165) is 28.7 Å². The molecule has 0 fully saturated rings. The van der Waals surface area contributed by atoms with Gasteiger partial charge in [0.05, 0.1) is 17.4 Å². The first-order chi connectivity index (χ1) is 11.6. The number of aromatic nitrogens is 3. The molecule has 0 bridgehead atoms. The van der Waals surface area contributed by atoms with Gasteiger partial charge < -0.3 is 10.1 Å². The zero-order valence-corrected chi connectivity index (χ0v) is 14.1. The maximum Gasteiger partial charge on any atom is 0.256 e. The third kappa shape index (κ3) is 3.94. The number of nitrogens with zero attached hydrogens (tertiary/aromatic N) is 3. The van der Waals surface area contributed by atoms with Crippen molar-refractivity contribution in [1.29, 1.82) is 0 Å². The molecule has 0 unspecified atom stereocenters. The fourth-order valence-corrected chi connectivity index (χ4v) is 2.54. The van der Waals surface area contributed by atoms with Gasteiger partial charge in [-0.2, -0.15) is 8.75 Å². The second-order valence-electron chi connectivity index (χ2n) is 5.29. The van der Waals surface area contributed by atoms with Gasteiger partial charge >= 0.3 is 0 Å². The second-order valence-corrected chi connectivity index (χ2v) is 5.82. The van der Waals surface area contributed by atoms with Crippen molar-refractivity contribution in [2.45, 2.75) is 20.5 Å².